The minimum atomic E-state index is 0.488. The van der Waals surface area contributed by atoms with Gasteiger partial charge in [0.05, 0.1) is 24.9 Å². The van der Waals surface area contributed by atoms with Gasteiger partial charge in [-0.15, -0.1) is 11.3 Å². The molecule has 1 heterocycles. The molecule has 1 aromatic heterocycles. The third-order valence-corrected chi connectivity index (χ3v) is 5.68. The average molecular weight is 405 g/mol. The molecule has 0 bridgehead atoms. The van der Waals surface area contributed by atoms with Crippen LogP contribution in [0, 0.1) is 0 Å². The Morgan fingerprint density at radius 1 is 1.21 bits per heavy atom. The predicted molar refractivity (Wildman–Crippen MR) is 117 cm³/mol. The zero-order valence-electron chi connectivity index (χ0n) is 17.8. The van der Waals surface area contributed by atoms with E-state index in [2.05, 4.69) is 52.5 Å². The summed E-state index contributed by atoms with van der Waals surface area (Å²) >= 11 is 1.74. The number of ether oxygens (including phenoxy) is 2. The number of benzene rings is 1. The first-order chi connectivity index (χ1) is 13.5. The van der Waals surface area contributed by atoms with Gasteiger partial charge < -0.3 is 19.7 Å². The highest BCUT2D eigenvalue weighted by atomic mass is 32.1. The fourth-order valence-electron chi connectivity index (χ4n) is 2.83. The molecule has 6 nitrogen and oxygen atoms in total. The van der Waals surface area contributed by atoms with Crippen molar-refractivity contribution in [3.63, 3.8) is 0 Å². The summed E-state index contributed by atoms with van der Waals surface area (Å²) in [4.78, 5) is 11.2. The van der Waals surface area contributed by atoms with Crippen LogP contribution in [0.4, 0.5) is 0 Å². The zero-order valence-corrected chi connectivity index (χ0v) is 18.6. The predicted octanol–water partition coefficient (Wildman–Crippen LogP) is 3.58. The van der Waals surface area contributed by atoms with E-state index in [-0.39, 0.29) is 0 Å². The molecule has 7 heteroatoms. The summed E-state index contributed by atoms with van der Waals surface area (Å²) in [6, 6.07) is 6.04. The van der Waals surface area contributed by atoms with Crippen LogP contribution in [-0.4, -0.2) is 57.2 Å². The second kappa shape index (κ2) is 10.9. The number of hydrogen-bond acceptors (Lipinski definition) is 5. The first kappa shape index (κ1) is 22.0. The maximum atomic E-state index is 5.38. The Balaban J connectivity index is 1.83. The Morgan fingerprint density at radius 3 is 2.57 bits per heavy atom. The molecule has 0 aliphatic rings. The molecule has 0 radical (unpaired) electrons. The van der Waals surface area contributed by atoms with Crippen LogP contribution < -0.4 is 14.8 Å². The summed E-state index contributed by atoms with van der Waals surface area (Å²) in [5, 5.41) is 6.78. The van der Waals surface area contributed by atoms with E-state index in [1.165, 1.54) is 10.6 Å². The number of guanidine groups is 1. The number of hydrogen-bond donors (Lipinski definition) is 1. The lowest BCUT2D eigenvalue weighted by Gasteiger charge is -2.22. The molecule has 0 amide bonds. The second-order valence-electron chi connectivity index (χ2n) is 6.92. The normalized spacial score (nSPS) is 11.6. The van der Waals surface area contributed by atoms with Gasteiger partial charge in [-0.2, -0.15) is 0 Å². The van der Waals surface area contributed by atoms with E-state index in [9.17, 15) is 0 Å². The fourth-order valence-corrected chi connectivity index (χ4v) is 3.70. The van der Waals surface area contributed by atoms with Gasteiger partial charge in [0.15, 0.2) is 17.5 Å². The smallest absolute Gasteiger partial charge is 0.193 e. The minimum absolute atomic E-state index is 0.488. The van der Waals surface area contributed by atoms with E-state index >= 15 is 0 Å². The molecule has 2 aromatic rings. The Hall–Kier alpha value is -2.28. The number of aliphatic imine (C=N–C) groups is 1. The largest absolute Gasteiger partial charge is 0.493 e. The molecular weight excluding hydrogens is 372 g/mol. The second-order valence-corrected chi connectivity index (χ2v) is 7.81. The number of nitrogens with one attached hydrogen (secondary N) is 1. The standard InChI is InChI=1S/C21H32N4O2S/c1-15(2)20-24-17(14-28-20)9-11-23-21(22-3)25(4)12-10-16-7-8-18(26-5)19(13-16)27-6/h7-8,13-15H,9-12H2,1-6H3,(H,22,23). The first-order valence-electron chi connectivity index (χ1n) is 9.55. The third kappa shape index (κ3) is 6.12. The molecule has 0 saturated heterocycles. The topological polar surface area (TPSA) is 59.0 Å². The number of aromatic nitrogens is 1. The highest BCUT2D eigenvalue weighted by Gasteiger charge is 2.10. The lowest BCUT2D eigenvalue weighted by Crippen LogP contribution is -2.40. The van der Waals surface area contributed by atoms with Crippen molar-refractivity contribution >= 4 is 17.3 Å². The van der Waals surface area contributed by atoms with Crippen molar-refractivity contribution in [1.82, 2.24) is 15.2 Å². The van der Waals surface area contributed by atoms with E-state index in [0.717, 1.165) is 49.1 Å². The van der Waals surface area contributed by atoms with Gasteiger partial charge in [-0.25, -0.2) is 4.98 Å². The molecule has 154 valence electrons. The van der Waals surface area contributed by atoms with Crippen molar-refractivity contribution in [3.8, 4) is 11.5 Å². The van der Waals surface area contributed by atoms with Gasteiger partial charge in [0.25, 0.3) is 0 Å². The number of likely N-dealkylation sites (N-methyl/N-ethyl adjacent to an activating group) is 1. The van der Waals surface area contributed by atoms with E-state index in [0.29, 0.717) is 5.92 Å². The Bertz CT molecular complexity index is 774. The van der Waals surface area contributed by atoms with Gasteiger partial charge in [0.1, 0.15) is 0 Å². The molecule has 2 rings (SSSR count). The molecule has 0 aliphatic carbocycles. The highest BCUT2D eigenvalue weighted by molar-refractivity contribution is 7.09. The van der Waals surface area contributed by atoms with Crippen LogP contribution >= 0.6 is 11.3 Å². The van der Waals surface area contributed by atoms with Crippen molar-refractivity contribution in [2.45, 2.75) is 32.6 Å². The van der Waals surface area contributed by atoms with Gasteiger partial charge in [-0.1, -0.05) is 19.9 Å². The summed E-state index contributed by atoms with van der Waals surface area (Å²) in [7, 11) is 7.17. The lowest BCUT2D eigenvalue weighted by atomic mass is 10.1. The van der Waals surface area contributed by atoms with Gasteiger partial charge in [-0.3, -0.25) is 4.99 Å². The minimum Gasteiger partial charge on any atom is -0.493 e. The molecule has 0 atom stereocenters. The number of rotatable bonds is 9. The SMILES string of the molecule is CN=C(NCCc1csc(C(C)C)n1)N(C)CCc1ccc(OC)c(OC)c1. The van der Waals surface area contributed by atoms with Crippen molar-refractivity contribution in [2.75, 3.05) is 41.4 Å². The summed E-state index contributed by atoms with van der Waals surface area (Å²) in [5.41, 5.74) is 2.34. The van der Waals surface area contributed by atoms with Crippen LogP contribution in [0.15, 0.2) is 28.6 Å². The van der Waals surface area contributed by atoms with Crippen LogP contribution in [0.3, 0.4) is 0 Å². The lowest BCUT2D eigenvalue weighted by molar-refractivity contribution is 0.354. The Morgan fingerprint density at radius 2 is 1.96 bits per heavy atom. The van der Waals surface area contributed by atoms with E-state index < -0.39 is 0 Å². The van der Waals surface area contributed by atoms with Gasteiger partial charge in [-0.05, 0) is 24.1 Å². The van der Waals surface area contributed by atoms with Gasteiger partial charge in [0.2, 0.25) is 0 Å². The summed E-state index contributed by atoms with van der Waals surface area (Å²) in [6.45, 7) is 6.02. The van der Waals surface area contributed by atoms with Crippen LogP contribution in [0.1, 0.15) is 36.0 Å². The van der Waals surface area contributed by atoms with E-state index in [1.807, 2.05) is 19.2 Å². The van der Waals surface area contributed by atoms with Crippen LogP contribution in [-0.2, 0) is 12.8 Å². The maximum absolute atomic E-state index is 5.38. The molecule has 0 unspecified atom stereocenters. The van der Waals surface area contributed by atoms with Crippen molar-refractivity contribution in [3.05, 3.63) is 39.8 Å². The Kier molecular flexibility index (Phi) is 8.57. The van der Waals surface area contributed by atoms with Crippen molar-refractivity contribution in [2.24, 2.45) is 4.99 Å². The maximum Gasteiger partial charge on any atom is 0.193 e. The first-order valence-corrected chi connectivity index (χ1v) is 10.4. The Labute approximate surface area is 172 Å². The molecule has 28 heavy (non-hydrogen) atoms. The van der Waals surface area contributed by atoms with Crippen LogP contribution in [0.25, 0.3) is 0 Å². The monoisotopic (exact) mass is 404 g/mol. The summed E-state index contributed by atoms with van der Waals surface area (Å²) < 4.78 is 10.7. The van der Waals surface area contributed by atoms with Crippen LogP contribution in [0.2, 0.25) is 0 Å². The molecule has 1 aromatic carbocycles. The quantitative estimate of drug-likeness (QED) is 0.511. The molecule has 0 spiro atoms. The molecule has 1 N–H and O–H groups in total. The summed E-state index contributed by atoms with van der Waals surface area (Å²) in [5.74, 6) is 2.89. The highest BCUT2D eigenvalue weighted by Crippen LogP contribution is 2.27. The molecule has 0 saturated carbocycles. The van der Waals surface area contributed by atoms with Crippen molar-refractivity contribution in [1.29, 1.82) is 0 Å². The number of methoxy groups -OCH3 is 2. The van der Waals surface area contributed by atoms with E-state index in [4.69, 9.17) is 9.47 Å². The van der Waals surface area contributed by atoms with Crippen LogP contribution in [0.5, 0.6) is 11.5 Å². The fraction of sp³-hybridized carbons (Fsp3) is 0.524. The van der Waals surface area contributed by atoms with E-state index in [1.54, 1.807) is 25.6 Å². The average Bonchev–Trinajstić information content (AvgIpc) is 3.18. The van der Waals surface area contributed by atoms with Gasteiger partial charge >= 0.3 is 0 Å². The van der Waals surface area contributed by atoms with Crippen molar-refractivity contribution < 1.29 is 9.47 Å². The third-order valence-electron chi connectivity index (χ3n) is 4.48. The number of thiazole rings is 1. The number of nitrogens with zero attached hydrogens (tertiary/aromatic N) is 3. The van der Waals surface area contributed by atoms with Gasteiger partial charge in [0, 0.05) is 44.9 Å². The molecular formula is C21H32N4O2S. The summed E-state index contributed by atoms with van der Waals surface area (Å²) in [6.07, 6.45) is 1.78. The molecule has 0 aliphatic heterocycles. The molecule has 0 fully saturated rings. The zero-order chi connectivity index (χ0) is 20.5.